The first-order valence-electron chi connectivity index (χ1n) is 28.7. The van der Waals surface area contributed by atoms with Crippen LogP contribution in [0.4, 0.5) is 0 Å². The number of ether oxygens (including phenoxy) is 3. The molecule has 0 spiro atoms. The van der Waals surface area contributed by atoms with E-state index in [0.29, 0.717) is 19.3 Å². The molecular formula is C63H106O6. The molecule has 0 radical (unpaired) electrons. The van der Waals surface area contributed by atoms with Gasteiger partial charge in [0.05, 0.1) is 0 Å². The maximum absolute atomic E-state index is 12.7. The van der Waals surface area contributed by atoms with Crippen LogP contribution in [0.25, 0.3) is 0 Å². The Labute approximate surface area is 426 Å². The van der Waals surface area contributed by atoms with Gasteiger partial charge in [0.2, 0.25) is 0 Å². The Morgan fingerprint density at radius 2 is 0.565 bits per heavy atom. The highest BCUT2D eigenvalue weighted by Gasteiger charge is 2.19. The molecule has 0 saturated carbocycles. The number of allylic oxidation sites excluding steroid dienone is 16. The molecule has 69 heavy (non-hydrogen) atoms. The summed E-state index contributed by atoms with van der Waals surface area (Å²) >= 11 is 0. The van der Waals surface area contributed by atoms with Gasteiger partial charge in [-0.25, -0.2) is 0 Å². The van der Waals surface area contributed by atoms with Gasteiger partial charge in [-0.1, -0.05) is 234 Å². The van der Waals surface area contributed by atoms with Crippen LogP contribution in [0.5, 0.6) is 0 Å². The minimum Gasteiger partial charge on any atom is -0.462 e. The smallest absolute Gasteiger partial charge is 0.306 e. The van der Waals surface area contributed by atoms with Gasteiger partial charge in [0.25, 0.3) is 0 Å². The van der Waals surface area contributed by atoms with Gasteiger partial charge in [0, 0.05) is 19.3 Å². The molecule has 0 aliphatic carbocycles. The lowest BCUT2D eigenvalue weighted by Crippen LogP contribution is -2.30. The number of hydrogen-bond acceptors (Lipinski definition) is 6. The lowest BCUT2D eigenvalue weighted by molar-refractivity contribution is -0.167. The highest BCUT2D eigenvalue weighted by atomic mass is 16.6. The molecule has 0 fully saturated rings. The Morgan fingerprint density at radius 3 is 0.899 bits per heavy atom. The van der Waals surface area contributed by atoms with Gasteiger partial charge < -0.3 is 14.2 Å². The molecule has 6 nitrogen and oxygen atoms in total. The van der Waals surface area contributed by atoms with Crippen LogP contribution < -0.4 is 0 Å². The predicted molar refractivity (Wildman–Crippen MR) is 297 cm³/mol. The van der Waals surface area contributed by atoms with Gasteiger partial charge >= 0.3 is 17.9 Å². The average Bonchev–Trinajstić information content (AvgIpc) is 3.35. The second kappa shape index (κ2) is 56.9. The van der Waals surface area contributed by atoms with Gasteiger partial charge in [0.15, 0.2) is 6.10 Å². The van der Waals surface area contributed by atoms with E-state index in [1.807, 2.05) is 0 Å². The summed E-state index contributed by atoms with van der Waals surface area (Å²) in [6.45, 7) is 6.38. The standard InChI is InChI=1S/C63H106O6/c1-4-7-10-13-16-19-22-23-24-25-26-27-28-29-30-31-32-33-34-35-36-37-38-39-40-41-42-45-47-50-53-56-62(65)68-59-60(69-63(66)57-54-51-48-44-21-18-15-12-9-6-3)58-67-61(64)55-52-49-46-43-20-17-14-11-8-5-2/h7,10-12,14-16,19,23-24,26-27,29-30,32-33,60H,4-6,8-9,13,17-18,20-22,25,28,31,34-59H2,1-3H3/b10-7-,14-11-,15-12-,19-16-,24-23-,27-26-,30-29-,33-32-. The van der Waals surface area contributed by atoms with Crippen molar-refractivity contribution in [3.05, 3.63) is 97.2 Å². The first-order valence-corrected chi connectivity index (χ1v) is 28.7. The Hall–Kier alpha value is -3.67. The number of esters is 3. The molecule has 394 valence electrons. The van der Waals surface area contributed by atoms with Crippen LogP contribution >= 0.6 is 0 Å². The lowest BCUT2D eigenvalue weighted by atomic mass is 10.0. The van der Waals surface area contributed by atoms with E-state index in [4.69, 9.17) is 14.2 Å². The van der Waals surface area contributed by atoms with Gasteiger partial charge in [-0.2, -0.15) is 0 Å². The lowest BCUT2D eigenvalue weighted by Gasteiger charge is -2.18. The summed E-state index contributed by atoms with van der Waals surface area (Å²) < 4.78 is 16.8. The van der Waals surface area contributed by atoms with Crippen LogP contribution in [0, 0.1) is 0 Å². The van der Waals surface area contributed by atoms with Crippen molar-refractivity contribution in [1.82, 2.24) is 0 Å². The molecule has 1 unspecified atom stereocenters. The summed E-state index contributed by atoms with van der Waals surface area (Å²) in [4.78, 5) is 37.9. The second-order valence-electron chi connectivity index (χ2n) is 18.8. The van der Waals surface area contributed by atoms with Crippen LogP contribution in [0.2, 0.25) is 0 Å². The number of unbranched alkanes of at least 4 members (excludes halogenated alkanes) is 24. The highest BCUT2D eigenvalue weighted by molar-refractivity contribution is 5.71. The number of carbonyl (C=O) groups excluding carboxylic acids is 3. The fourth-order valence-corrected chi connectivity index (χ4v) is 7.74. The Balaban J connectivity index is 4.10. The molecule has 0 aromatic rings. The van der Waals surface area contributed by atoms with Gasteiger partial charge in [-0.15, -0.1) is 0 Å². The van der Waals surface area contributed by atoms with Gasteiger partial charge in [-0.05, 0) is 109 Å². The molecule has 0 saturated heterocycles. The van der Waals surface area contributed by atoms with Crippen molar-refractivity contribution in [3.8, 4) is 0 Å². The molecule has 0 heterocycles. The van der Waals surface area contributed by atoms with Crippen LogP contribution in [0.15, 0.2) is 97.2 Å². The molecule has 0 rings (SSSR count). The highest BCUT2D eigenvalue weighted by Crippen LogP contribution is 2.15. The molecule has 1 atom stereocenters. The molecule has 0 N–H and O–H groups in total. The predicted octanol–water partition coefficient (Wildman–Crippen LogP) is 19.3. The van der Waals surface area contributed by atoms with Crippen molar-refractivity contribution >= 4 is 17.9 Å². The summed E-state index contributed by atoms with van der Waals surface area (Å²) in [6, 6.07) is 0. The number of rotatable bonds is 51. The third kappa shape index (κ3) is 55.1. The summed E-state index contributed by atoms with van der Waals surface area (Å²) in [5.74, 6) is -0.908. The van der Waals surface area contributed by atoms with Crippen molar-refractivity contribution < 1.29 is 28.6 Å². The van der Waals surface area contributed by atoms with Gasteiger partial charge in [0.1, 0.15) is 13.2 Å². The SMILES string of the molecule is CC/C=C\C/C=C\C/C=C\C/C=C\C/C=C\C/C=C\CCCCCCCCCCCCCCC(=O)OCC(COC(=O)CCCCCCC/C=C\CCC)OC(=O)CCCCCCC/C=C\CCC. The molecule has 0 aromatic heterocycles. The summed E-state index contributed by atoms with van der Waals surface area (Å²) in [7, 11) is 0. The van der Waals surface area contributed by atoms with E-state index >= 15 is 0 Å². The molecule has 0 amide bonds. The third-order valence-electron chi connectivity index (χ3n) is 12.0. The quantitative estimate of drug-likeness (QED) is 0.0262. The molecule has 0 aliphatic rings. The largest absolute Gasteiger partial charge is 0.462 e. The van der Waals surface area contributed by atoms with Crippen molar-refractivity contribution in [2.24, 2.45) is 0 Å². The van der Waals surface area contributed by atoms with Crippen molar-refractivity contribution in [2.45, 2.75) is 271 Å². The summed E-state index contributed by atoms with van der Waals surface area (Å²) in [5, 5.41) is 0. The summed E-state index contributed by atoms with van der Waals surface area (Å²) in [6.07, 6.45) is 75.7. The van der Waals surface area contributed by atoms with Crippen LogP contribution in [0.1, 0.15) is 265 Å². The first-order chi connectivity index (χ1) is 34.0. The molecule has 6 heteroatoms. The van der Waals surface area contributed by atoms with E-state index < -0.39 is 6.10 Å². The van der Waals surface area contributed by atoms with E-state index in [9.17, 15) is 14.4 Å². The average molecular weight is 960 g/mol. The van der Waals surface area contributed by atoms with Crippen LogP contribution in [-0.2, 0) is 28.6 Å². The van der Waals surface area contributed by atoms with Crippen molar-refractivity contribution in [2.75, 3.05) is 13.2 Å². The van der Waals surface area contributed by atoms with E-state index in [1.54, 1.807) is 0 Å². The van der Waals surface area contributed by atoms with E-state index in [0.717, 1.165) is 128 Å². The van der Waals surface area contributed by atoms with Crippen molar-refractivity contribution in [1.29, 1.82) is 0 Å². The fraction of sp³-hybridized carbons (Fsp3) is 0.698. The summed E-state index contributed by atoms with van der Waals surface area (Å²) in [5.41, 5.74) is 0. The zero-order valence-corrected chi connectivity index (χ0v) is 45.0. The molecular weight excluding hydrogens is 853 g/mol. The topological polar surface area (TPSA) is 78.9 Å². The fourth-order valence-electron chi connectivity index (χ4n) is 7.74. The maximum Gasteiger partial charge on any atom is 0.306 e. The van der Waals surface area contributed by atoms with E-state index in [-0.39, 0.29) is 31.1 Å². The zero-order chi connectivity index (χ0) is 50.0. The molecule has 0 aromatic carbocycles. The zero-order valence-electron chi connectivity index (χ0n) is 45.0. The minimum absolute atomic E-state index is 0.0837. The Morgan fingerprint density at radius 1 is 0.304 bits per heavy atom. The molecule has 0 bridgehead atoms. The second-order valence-corrected chi connectivity index (χ2v) is 18.8. The van der Waals surface area contributed by atoms with Crippen LogP contribution in [-0.4, -0.2) is 37.2 Å². The third-order valence-corrected chi connectivity index (χ3v) is 12.0. The Bertz CT molecular complexity index is 1380. The Kier molecular flexibility index (Phi) is 53.9. The van der Waals surface area contributed by atoms with Crippen LogP contribution in [0.3, 0.4) is 0 Å². The van der Waals surface area contributed by atoms with Gasteiger partial charge in [-0.3, -0.25) is 14.4 Å². The maximum atomic E-state index is 12.7. The molecule has 0 aliphatic heterocycles. The van der Waals surface area contributed by atoms with Crippen molar-refractivity contribution in [3.63, 3.8) is 0 Å². The first kappa shape index (κ1) is 65.3. The van der Waals surface area contributed by atoms with E-state index in [2.05, 4.69) is 118 Å². The minimum atomic E-state index is -0.783. The number of hydrogen-bond donors (Lipinski definition) is 0. The monoisotopic (exact) mass is 959 g/mol. The van der Waals surface area contributed by atoms with E-state index in [1.165, 1.54) is 96.3 Å². The normalized spacial score (nSPS) is 12.8. The number of carbonyl (C=O) groups is 3.